The standard InChI is InChI=1S/C17H28N2O2S/c1-8-19(9-2)16(20)15-13(18(6)7)11-10-12-14(15)22(21)17(3,4)5/h10-12H,8-9H2,1-7H3. The number of carbonyl (C=O) groups excluding carboxylic acids is 1. The summed E-state index contributed by atoms with van der Waals surface area (Å²) in [6.07, 6.45) is 0. The van der Waals surface area contributed by atoms with E-state index in [1.165, 1.54) is 0 Å². The Kier molecular flexibility index (Phi) is 6.17. The molecule has 1 rings (SSSR count). The van der Waals surface area contributed by atoms with E-state index in [0.29, 0.717) is 23.5 Å². The average molecular weight is 324 g/mol. The molecule has 1 aromatic rings. The third kappa shape index (κ3) is 3.88. The van der Waals surface area contributed by atoms with E-state index in [4.69, 9.17) is 0 Å². The van der Waals surface area contributed by atoms with Crippen LogP contribution in [-0.2, 0) is 10.8 Å². The van der Waals surface area contributed by atoms with Crippen molar-refractivity contribution in [3.63, 3.8) is 0 Å². The van der Waals surface area contributed by atoms with Crippen LogP contribution >= 0.6 is 0 Å². The molecule has 0 saturated heterocycles. The van der Waals surface area contributed by atoms with Crippen molar-refractivity contribution in [2.24, 2.45) is 0 Å². The quantitative estimate of drug-likeness (QED) is 0.835. The predicted molar refractivity (Wildman–Crippen MR) is 94.2 cm³/mol. The lowest BCUT2D eigenvalue weighted by Gasteiger charge is -2.27. The van der Waals surface area contributed by atoms with Crippen molar-refractivity contribution in [1.29, 1.82) is 0 Å². The third-order valence-corrected chi connectivity index (χ3v) is 5.36. The number of amides is 1. The molecule has 1 unspecified atom stereocenters. The molecule has 1 aromatic carbocycles. The van der Waals surface area contributed by atoms with Gasteiger partial charge in [0, 0.05) is 31.9 Å². The second kappa shape index (κ2) is 7.27. The number of rotatable bonds is 5. The van der Waals surface area contributed by atoms with Gasteiger partial charge in [0.15, 0.2) is 0 Å². The number of carbonyl (C=O) groups is 1. The van der Waals surface area contributed by atoms with E-state index in [-0.39, 0.29) is 5.91 Å². The Morgan fingerprint density at radius 2 is 1.68 bits per heavy atom. The minimum Gasteiger partial charge on any atom is -0.377 e. The molecule has 0 aliphatic heterocycles. The highest BCUT2D eigenvalue weighted by atomic mass is 32.2. The normalized spacial score (nSPS) is 12.9. The van der Waals surface area contributed by atoms with E-state index in [1.807, 2.05) is 71.8 Å². The maximum Gasteiger partial charge on any atom is 0.257 e. The first-order valence-electron chi connectivity index (χ1n) is 7.66. The van der Waals surface area contributed by atoms with Crippen LogP contribution in [0.5, 0.6) is 0 Å². The molecule has 1 amide bonds. The van der Waals surface area contributed by atoms with Crippen LogP contribution in [0.25, 0.3) is 0 Å². The lowest BCUT2D eigenvalue weighted by Crippen LogP contribution is -2.34. The van der Waals surface area contributed by atoms with Crippen LogP contribution in [0.4, 0.5) is 5.69 Å². The fraction of sp³-hybridized carbons (Fsp3) is 0.588. The molecular weight excluding hydrogens is 296 g/mol. The summed E-state index contributed by atoms with van der Waals surface area (Å²) in [5, 5.41) is 0. The lowest BCUT2D eigenvalue weighted by molar-refractivity contribution is 0.0770. The molecule has 0 aliphatic carbocycles. The van der Waals surface area contributed by atoms with Gasteiger partial charge in [0.25, 0.3) is 5.91 Å². The van der Waals surface area contributed by atoms with Crippen LogP contribution in [0.15, 0.2) is 23.1 Å². The van der Waals surface area contributed by atoms with Crippen molar-refractivity contribution >= 4 is 22.4 Å². The van der Waals surface area contributed by atoms with Gasteiger partial charge in [-0.25, -0.2) is 0 Å². The zero-order valence-electron chi connectivity index (χ0n) is 14.8. The number of hydrogen-bond acceptors (Lipinski definition) is 3. The van der Waals surface area contributed by atoms with Crippen LogP contribution in [0.2, 0.25) is 0 Å². The van der Waals surface area contributed by atoms with Crippen LogP contribution in [0, 0.1) is 0 Å². The summed E-state index contributed by atoms with van der Waals surface area (Å²) in [6, 6.07) is 5.58. The average Bonchev–Trinajstić information content (AvgIpc) is 2.45. The van der Waals surface area contributed by atoms with E-state index >= 15 is 0 Å². The highest BCUT2D eigenvalue weighted by molar-refractivity contribution is 7.86. The topological polar surface area (TPSA) is 40.6 Å². The third-order valence-electron chi connectivity index (χ3n) is 3.51. The maximum absolute atomic E-state index is 12.9. The fourth-order valence-corrected chi connectivity index (χ4v) is 3.50. The summed E-state index contributed by atoms with van der Waals surface area (Å²) in [5.74, 6) is -0.0538. The fourth-order valence-electron chi connectivity index (χ4n) is 2.26. The first kappa shape index (κ1) is 18.7. The molecule has 0 N–H and O–H groups in total. The smallest absolute Gasteiger partial charge is 0.257 e. The Labute approximate surface area is 137 Å². The van der Waals surface area contributed by atoms with Gasteiger partial charge >= 0.3 is 0 Å². The van der Waals surface area contributed by atoms with Gasteiger partial charge in [-0.1, -0.05) is 6.07 Å². The van der Waals surface area contributed by atoms with Crippen LogP contribution < -0.4 is 4.90 Å². The van der Waals surface area contributed by atoms with E-state index in [2.05, 4.69) is 0 Å². The van der Waals surface area contributed by atoms with Crippen molar-refractivity contribution in [1.82, 2.24) is 4.90 Å². The van der Waals surface area contributed by atoms with Gasteiger partial charge in [-0.3, -0.25) is 9.00 Å². The molecule has 22 heavy (non-hydrogen) atoms. The summed E-state index contributed by atoms with van der Waals surface area (Å²) in [4.78, 5) is 17.2. The van der Waals surface area contributed by atoms with Gasteiger partial charge < -0.3 is 9.80 Å². The van der Waals surface area contributed by atoms with Crippen molar-refractivity contribution in [3.05, 3.63) is 23.8 Å². The largest absolute Gasteiger partial charge is 0.377 e. The SMILES string of the molecule is CCN(CC)C(=O)c1c(N(C)C)cccc1S(=O)C(C)(C)C. The highest BCUT2D eigenvalue weighted by Crippen LogP contribution is 2.30. The molecular formula is C17H28N2O2S. The molecule has 0 aliphatic rings. The van der Waals surface area contributed by atoms with E-state index < -0.39 is 15.5 Å². The van der Waals surface area contributed by atoms with Gasteiger partial charge in [-0.15, -0.1) is 0 Å². The molecule has 0 saturated carbocycles. The zero-order valence-corrected chi connectivity index (χ0v) is 15.6. The van der Waals surface area contributed by atoms with Gasteiger partial charge in [0.05, 0.1) is 26.9 Å². The van der Waals surface area contributed by atoms with Crippen molar-refractivity contribution in [2.75, 3.05) is 32.1 Å². The minimum atomic E-state index is -1.25. The molecule has 0 spiro atoms. The van der Waals surface area contributed by atoms with Gasteiger partial charge in [-0.2, -0.15) is 0 Å². The molecule has 0 aromatic heterocycles. The summed E-state index contributed by atoms with van der Waals surface area (Å²) in [5.41, 5.74) is 1.37. The molecule has 124 valence electrons. The van der Waals surface area contributed by atoms with Gasteiger partial charge in [0.1, 0.15) is 0 Å². The van der Waals surface area contributed by atoms with Gasteiger partial charge in [0.2, 0.25) is 0 Å². The summed E-state index contributed by atoms with van der Waals surface area (Å²) in [7, 11) is 2.55. The molecule has 0 bridgehead atoms. The van der Waals surface area contributed by atoms with Crippen LogP contribution in [0.1, 0.15) is 45.0 Å². The Morgan fingerprint density at radius 3 is 2.09 bits per heavy atom. The van der Waals surface area contributed by atoms with E-state index in [0.717, 1.165) is 5.69 Å². The van der Waals surface area contributed by atoms with Crippen molar-refractivity contribution in [2.45, 2.75) is 44.3 Å². The molecule has 1 atom stereocenters. The molecule has 0 fully saturated rings. The van der Waals surface area contributed by atoms with Crippen molar-refractivity contribution < 1.29 is 9.00 Å². The van der Waals surface area contributed by atoms with Gasteiger partial charge in [-0.05, 0) is 46.8 Å². The van der Waals surface area contributed by atoms with E-state index in [1.54, 1.807) is 4.90 Å². The second-order valence-electron chi connectivity index (χ2n) is 6.40. The first-order chi connectivity index (χ1) is 10.1. The number of nitrogens with zero attached hydrogens (tertiary/aromatic N) is 2. The zero-order chi connectivity index (χ0) is 17.1. The van der Waals surface area contributed by atoms with E-state index in [9.17, 15) is 9.00 Å². The summed E-state index contributed by atoms with van der Waals surface area (Å²) >= 11 is 0. The molecule has 0 radical (unpaired) electrons. The Bertz CT molecular complexity index is 558. The highest BCUT2D eigenvalue weighted by Gasteiger charge is 2.29. The molecule has 5 heteroatoms. The molecule has 4 nitrogen and oxygen atoms in total. The Hall–Kier alpha value is -1.36. The number of hydrogen-bond donors (Lipinski definition) is 0. The Morgan fingerprint density at radius 1 is 1.14 bits per heavy atom. The van der Waals surface area contributed by atoms with Crippen LogP contribution in [-0.4, -0.2) is 46.9 Å². The molecule has 0 heterocycles. The van der Waals surface area contributed by atoms with Crippen molar-refractivity contribution in [3.8, 4) is 0 Å². The predicted octanol–water partition coefficient (Wildman–Crippen LogP) is 3.14. The maximum atomic E-state index is 12.9. The minimum absolute atomic E-state index is 0.0538. The number of benzene rings is 1. The second-order valence-corrected chi connectivity index (χ2v) is 8.61. The van der Waals surface area contributed by atoms with Crippen LogP contribution in [0.3, 0.4) is 0 Å². The first-order valence-corrected chi connectivity index (χ1v) is 8.81. The lowest BCUT2D eigenvalue weighted by atomic mass is 10.1. The monoisotopic (exact) mass is 324 g/mol. The Balaban J connectivity index is 3.56. The summed E-state index contributed by atoms with van der Waals surface area (Å²) < 4.78 is 12.5. The summed E-state index contributed by atoms with van der Waals surface area (Å²) in [6.45, 7) is 11.0. The number of anilines is 1.